The molecule has 29 heavy (non-hydrogen) atoms. The van der Waals surface area contributed by atoms with E-state index in [9.17, 15) is 0 Å². The normalized spacial score (nSPS) is 13.2. The molecule has 0 unspecified atom stereocenters. The molecule has 8 heteroatoms. The first-order valence-electron chi connectivity index (χ1n) is 9.26. The van der Waals surface area contributed by atoms with E-state index in [0.29, 0.717) is 46.5 Å². The molecular weight excluding hydrogens is 372 g/mol. The standard InChI is InChI=1S/C21H24N4O4/c1-26-14-6-5-12-7-8-25(11-13(12)9-14)21-23-17-15(20(22)24-21)10-16(27-2)18(28-3)19(17)29-4/h5-6,9-10H,7-8,11H2,1-4H3,(H2,22,23,24). The highest BCUT2D eigenvalue weighted by molar-refractivity contribution is 5.97. The molecule has 2 heterocycles. The molecule has 0 bridgehead atoms. The van der Waals surface area contributed by atoms with E-state index < -0.39 is 0 Å². The van der Waals surface area contributed by atoms with Gasteiger partial charge in [-0.15, -0.1) is 0 Å². The Bertz CT molecular complexity index is 1070. The van der Waals surface area contributed by atoms with E-state index in [1.54, 1.807) is 34.5 Å². The Morgan fingerprint density at radius 1 is 0.897 bits per heavy atom. The van der Waals surface area contributed by atoms with E-state index in [-0.39, 0.29) is 0 Å². The number of hydrogen-bond acceptors (Lipinski definition) is 8. The van der Waals surface area contributed by atoms with Gasteiger partial charge in [0.05, 0.1) is 33.8 Å². The Morgan fingerprint density at radius 2 is 1.69 bits per heavy atom. The van der Waals surface area contributed by atoms with Crippen molar-refractivity contribution in [3.63, 3.8) is 0 Å². The number of aromatic nitrogens is 2. The molecule has 0 aliphatic carbocycles. The lowest BCUT2D eigenvalue weighted by Gasteiger charge is -2.29. The number of benzene rings is 2. The van der Waals surface area contributed by atoms with Crippen LogP contribution in [-0.4, -0.2) is 45.0 Å². The highest BCUT2D eigenvalue weighted by atomic mass is 16.5. The summed E-state index contributed by atoms with van der Waals surface area (Å²) in [6.07, 6.45) is 0.893. The second-order valence-corrected chi connectivity index (χ2v) is 6.76. The average Bonchev–Trinajstić information content (AvgIpc) is 2.76. The number of nitrogens with two attached hydrogens (primary N) is 1. The monoisotopic (exact) mass is 396 g/mol. The van der Waals surface area contributed by atoms with Gasteiger partial charge in [-0.2, -0.15) is 4.98 Å². The minimum atomic E-state index is 0.362. The Kier molecular flexibility index (Phi) is 4.92. The second kappa shape index (κ2) is 7.54. The Hall–Kier alpha value is -3.42. The van der Waals surface area contributed by atoms with E-state index in [1.807, 2.05) is 6.07 Å². The van der Waals surface area contributed by atoms with Gasteiger partial charge in [-0.1, -0.05) is 6.07 Å². The van der Waals surface area contributed by atoms with E-state index >= 15 is 0 Å². The van der Waals surface area contributed by atoms with Crippen LogP contribution in [0.3, 0.4) is 0 Å². The summed E-state index contributed by atoms with van der Waals surface area (Å²) in [6, 6.07) is 7.93. The summed E-state index contributed by atoms with van der Waals surface area (Å²) in [5.74, 6) is 3.20. The molecule has 1 aromatic heterocycles. The van der Waals surface area contributed by atoms with Crippen LogP contribution < -0.4 is 29.6 Å². The first-order chi connectivity index (χ1) is 14.1. The number of nitrogen functional groups attached to an aromatic ring is 1. The lowest BCUT2D eigenvalue weighted by Crippen LogP contribution is -2.32. The lowest BCUT2D eigenvalue weighted by atomic mass is 10.00. The van der Waals surface area contributed by atoms with Crippen molar-refractivity contribution in [3.05, 3.63) is 35.4 Å². The highest BCUT2D eigenvalue weighted by Gasteiger charge is 2.24. The smallest absolute Gasteiger partial charge is 0.228 e. The summed E-state index contributed by atoms with van der Waals surface area (Å²) in [6.45, 7) is 1.47. The van der Waals surface area contributed by atoms with E-state index in [4.69, 9.17) is 29.7 Å². The summed E-state index contributed by atoms with van der Waals surface area (Å²) in [5.41, 5.74) is 9.38. The zero-order valence-electron chi connectivity index (χ0n) is 17.0. The van der Waals surface area contributed by atoms with Crippen LogP contribution in [0.15, 0.2) is 24.3 Å². The quantitative estimate of drug-likeness (QED) is 0.704. The zero-order valence-corrected chi connectivity index (χ0v) is 17.0. The number of rotatable bonds is 5. The molecule has 0 saturated heterocycles. The van der Waals surface area contributed by atoms with Gasteiger partial charge in [0, 0.05) is 13.1 Å². The summed E-state index contributed by atoms with van der Waals surface area (Å²) in [7, 11) is 6.36. The van der Waals surface area contributed by atoms with Crippen LogP contribution in [0, 0.1) is 0 Å². The fraction of sp³-hybridized carbons (Fsp3) is 0.333. The maximum atomic E-state index is 6.29. The van der Waals surface area contributed by atoms with Crippen LogP contribution in [0.4, 0.5) is 11.8 Å². The van der Waals surface area contributed by atoms with Gasteiger partial charge in [0.15, 0.2) is 11.5 Å². The van der Waals surface area contributed by atoms with Crippen molar-refractivity contribution < 1.29 is 18.9 Å². The second-order valence-electron chi connectivity index (χ2n) is 6.76. The van der Waals surface area contributed by atoms with Crippen molar-refractivity contribution in [2.75, 3.05) is 45.6 Å². The minimum absolute atomic E-state index is 0.362. The third-order valence-corrected chi connectivity index (χ3v) is 5.22. The summed E-state index contributed by atoms with van der Waals surface area (Å²) in [4.78, 5) is 11.4. The number of hydrogen-bond donors (Lipinski definition) is 1. The van der Waals surface area contributed by atoms with Crippen molar-refractivity contribution in [2.24, 2.45) is 0 Å². The highest BCUT2D eigenvalue weighted by Crippen LogP contribution is 2.44. The minimum Gasteiger partial charge on any atom is -0.497 e. The van der Waals surface area contributed by atoms with Crippen LogP contribution in [0.25, 0.3) is 10.9 Å². The van der Waals surface area contributed by atoms with Crippen molar-refractivity contribution in [3.8, 4) is 23.0 Å². The molecule has 3 aromatic rings. The summed E-state index contributed by atoms with van der Waals surface area (Å²) < 4.78 is 21.8. The Balaban J connectivity index is 1.81. The Morgan fingerprint density at radius 3 is 2.38 bits per heavy atom. The predicted molar refractivity (Wildman–Crippen MR) is 111 cm³/mol. The van der Waals surface area contributed by atoms with Crippen LogP contribution in [0.1, 0.15) is 11.1 Å². The van der Waals surface area contributed by atoms with Gasteiger partial charge in [0.1, 0.15) is 17.1 Å². The number of ether oxygens (including phenoxy) is 4. The van der Waals surface area contributed by atoms with Gasteiger partial charge in [0.25, 0.3) is 0 Å². The van der Waals surface area contributed by atoms with Gasteiger partial charge in [-0.25, -0.2) is 4.98 Å². The molecule has 0 atom stereocenters. The number of nitrogens with zero attached hydrogens (tertiary/aromatic N) is 3. The molecule has 1 aliphatic rings. The van der Waals surface area contributed by atoms with Gasteiger partial charge in [-0.05, 0) is 35.7 Å². The number of anilines is 2. The van der Waals surface area contributed by atoms with E-state index in [0.717, 1.165) is 18.7 Å². The van der Waals surface area contributed by atoms with Crippen molar-refractivity contribution >= 4 is 22.7 Å². The molecule has 0 spiro atoms. The molecule has 152 valence electrons. The summed E-state index contributed by atoms with van der Waals surface area (Å²) >= 11 is 0. The van der Waals surface area contributed by atoms with Crippen molar-refractivity contribution in [2.45, 2.75) is 13.0 Å². The maximum Gasteiger partial charge on any atom is 0.228 e. The first-order valence-corrected chi connectivity index (χ1v) is 9.26. The van der Waals surface area contributed by atoms with Crippen LogP contribution >= 0.6 is 0 Å². The van der Waals surface area contributed by atoms with Crippen LogP contribution in [0.5, 0.6) is 23.0 Å². The van der Waals surface area contributed by atoms with Crippen molar-refractivity contribution in [1.29, 1.82) is 0 Å². The predicted octanol–water partition coefficient (Wildman–Crippen LogP) is 2.81. The molecule has 0 fully saturated rings. The molecule has 1 aliphatic heterocycles. The molecule has 0 saturated carbocycles. The molecular formula is C21H24N4O4. The Labute approximate surface area is 169 Å². The molecule has 2 N–H and O–H groups in total. The van der Waals surface area contributed by atoms with E-state index in [1.165, 1.54) is 11.1 Å². The number of methoxy groups -OCH3 is 4. The SMILES string of the molecule is COc1ccc2c(c1)CN(c1nc(N)c3cc(OC)c(OC)c(OC)c3n1)CC2. The maximum absolute atomic E-state index is 6.29. The largest absolute Gasteiger partial charge is 0.497 e. The number of fused-ring (bicyclic) bond motifs is 2. The van der Waals surface area contributed by atoms with E-state index in [2.05, 4.69) is 22.0 Å². The fourth-order valence-corrected chi connectivity index (χ4v) is 3.71. The molecule has 4 rings (SSSR count). The van der Waals surface area contributed by atoms with Crippen LogP contribution in [0.2, 0.25) is 0 Å². The fourth-order valence-electron chi connectivity index (χ4n) is 3.71. The topological polar surface area (TPSA) is 92.0 Å². The van der Waals surface area contributed by atoms with Gasteiger partial charge in [-0.3, -0.25) is 0 Å². The average molecular weight is 396 g/mol. The van der Waals surface area contributed by atoms with Crippen LogP contribution in [-0.2, 0) is 13.0 Å². The van der Waals surface area contributed by atoms with Gasteiger partial charge in [0.2, 0.25) is 11.7 Å². The molecule has 0 amide bonds. The molecule has 2 aromatic carbocycles. The summed E-state index contributed by atoms with van der Waals surface area (Å²) in [5, 5.41) is 0.655. The van der Waals surface area contributed by atoms with Gasteiger partial charge < -0.3 is 29.6 Å². The third kappa shape index (κ3) is 3.20. The lowest BCUT2D eigenvalue weighted by molar-refractivity contribution is 0.327. The van der Waals surface area contributed by atoms with Gasteiger partial charge >= 0.3 is 0 Å². The third-order valence-electron chi connectivity index (χ3n) is 5.22. The first kappa shape index (κ1) is 18.9. The molecule has 0 radical (unpaired) electrons. The molecule has 8 nitrogen and oxygen atoms in total. The zero-order chi connectivity index (χ0) is 20.5. The van der Waals surface area contributed by atoms with Crippen molar-refractivity contribution in [1.82, 2.24) is 9.97 Å².